The quantitative estimate of drug-likeness (QED) is 0.780. The minimum atomic E-state index is 0.590. The molecule has 0 saturated heterocycles. The van der Waals surface area contributed by atoms with Crippen molar-refractivity contribution in [2.24, 2.45) is 0 Å². The number of alkyl halides is 1. The Morgan fingerprint density at radius 1 is 1.24 bits per heavy atom. The average molecular weight is 251 g/mol. The molecule has 1 aromatic carbocycles. The molecule has 0 aliphatic rings. The summed E-state index contributed by atoms with van der Waals surface area (Å²) in [6.45, 7) is 4.11. The second kappa shape index (κ2) is 5.32. The summed E-state index contributed by atoms with van der Waals surface area (Å²) in [6, 6.07) is 6.17. The number of hydrogen-bond acceptors (Lipinski definition) is 3. The van der Waals surface area contributed by atoms with E-state index in [0.29, 0.717) is 17.7 Å². The van der Waals surface area contributed by atoms with Crippen LogP contribution in [0, 0.1) is 13.8 Å². The third-order valence-corrected chi connectivity index (χ3v) is 2.87. The van der Waals surface area contributed by atoms with Crippen LogP contribution in [0.4, 0.5) is 0 Å². The molecule has 17 heavy (non-hydrogen) atoms. The SMILES string of the molecule is Cc1ccc(-c2nnc(CCCCl)o2)c(C)c1. The molecule has 2 rings (SSSR count). The van der Waals surface area contributed by atoms with Crippen LogP contribution in [0.1, 0.15) is 23.4 Å². The molecular formula is C13H15ClN2O. The Morgan fingerprint density at radius 2 is 2.06 bits per heavy atom. The first-order chi connectivity index (χ1) is 8.20. The zero-order valence-electron chi connectivity index (χ0n) is 10.0. The first-order valence-electron chi connectivity index (χ1n) is 5.66. The van der Waals surface area contributed by atoms with Gasteiger partial charge in [-0.25, -0.2) is 0 Å². The van der Waals surface area contributed by atoms with Crippen molar-refractivity contribution in [3.05, 3.63) is 35.2 Å². The van der Waals surface area contributed by atoms with Crippen LogP contribution in [-0.4, -0.2) is 16.1 Å². The summed E-state index contributed by atoms with van der Waals surface area (Å²) in [7, 11) is 0. The van der Waals surface area contributed by atoms with Gasteiger partial charge in [-0.3, -0.25) is 0 Å². The number of rotatable bonds is 4. The van der Waals surface area contributed by atoms with Crippen molar-refractivity contribution in [2.75, 3.05) is 5.88 Å². The molecular weight excluding hydrogens is 236 g/mol. The van der Waals surface area contributed by atoms with Crippen molar-refractivity contribution in [3.63, 3.8) is 0 Å². The maximum atomic E-state index is 5.63. The topological polar surface area (TPSA) is 38.9 Å². The molecule has 0 aliphatic heterocycles. The molecule has 1 aromatic heterocycles. The molecule has 0 N–H and O–H groups in total. The maximum absolute atomic E-state index is 5.63. The van der Waals surface area contributed by atoms with E-state index in [9.17, 15) is 0 Å². The normalized spacial score (nSPS) is 10.8. The van der Waals surface area contributed by atoms with Gasteiger partial charge in [0.25, 0.3) is 0 Å². The molecule has 0 amide bonds. The standard InChI is InChI=1S/C13H15ClN2O/c1-9-5-6-11(10(2)8-9)13-16-15-12(17-13)4-3-7-14/h5-6,8H,3-4,7H2,1-2H3. The molecule has 1 heterocycles. The van der Waals surface area contributed by atoms with Crippen LogP contribution in [-0.2, 0) is 6.42 Å². The zero-order valence-corrected chi connectivity index (χ0v) is 10.8. The van der Waals surface area contributed by atoms with Gasteiger partial charge in [-0.2, -0.15) is 0 Å². The monoisotopic (exact) mass is 250 g/mol. The second-order valence-corrected chi connectivity index (χ2v) is 4.49. The highest BCUT2D eigenvalue weighted by Crippen LogP contribution is 2.23. The molecule has 0 bridgehead atoms. The summed E-state index contributed by atoms with van der Waals surface area (Å²) in [5.41, 5.74) is 3.38. The lowest BCUT2D eigenvalue weighted by molar-refractivity contribution is 0.502. The maximum Gasteiger partial charge on any atom is 0.247 e. The second-order valence-electron chi connectivity index (χ2n) is 4.11. The van der Waals surface area contributed by atoms with E-state index in [0.717, 1.165) is 24.0 Å². The van der Waals surface area contributed by atoms with Gasteiger partial charge < -0.3 is 4.42 Å². The molecule has 0 radical (unpaired) electrons. The fourth-order valence-corrected chi connectivity index (χ4v) is 1.87. The molecule has 90 valence electrons. The van der Waals surface area contributed by atoms with Gasteiger partial charge in [0.1, 0.15) is 0 Å². The van der Waals surface area contributed by atoms with Gasteiger partial charge >= 0.3 is 0 Å². The Labute approximate surface area is 106 Å². The van der Waals surface area contributed by atoms with E-state index in [4.69, 9.17) is 16.0 Å². The predicted molar refractivity (Wildman–Crippen MR) is 68.2 cm³/mol. The first kappa shape index (κ1) is 12.1. The highest BCUT2D eigenvalue weighted by atomic mass is 35.5. The Balaban J connectivity index is 2.24. The molecule has 2 aromatic rings. The molecule has 0 saturated carbocycles. The number of hydrogen-bond donors (Lipinski definition) is 0. The molecule has 0 spiro atoms. The number of benzene rings is 1. The largest absolute Gasteiger partial charge is 0.421 e. The fraction of sp³-hybridized carbons (Fsp3) is 0.385. The van der Waals surface area contributed by atoms with E-state index in [-0.39, 0.29) is 0 Å². The van der Waals surface area contributed by atoms with Crippen molar-refractivity contribution in [1.29, 1.82) is 0 Å². The average Bonchev–Trinajstić information content (AvgIpc) is 2.75. The number of nitrogens with zero attached hydrogens (tertiary/aromatic N) is 2. The van der Waals surface area contributed by atoms with Gasteiger partial charge in [0.05, 0.1) is 0 Å². The highest BCUT2D eigenvalue weighted by Gasteiger charge is 2.10. The smallest absolute Gasteiger partial charge is 0.247 e. The van der Waals surface area contributed by atoms with Crippen LogP contribution in [0.5, 0.6) is 0 Å². The van der Waals surface area contributed by atoms with Crippen LogP contribution < -0.4 is 0 Å². The van der Waals surface area contributed by atoms with Crippen molar-refractivity contribution < 1.29 is 4.42 Å². The van der Waals surface area contributed by atoms with Gasteiger partial charge in [0.2, 0.25) is 11.8 Å². The van der Waals surface area contributed by atoms with E-state index in [1.165, 1.54) is 5.56 Å². The van der Waals surface area contributed by atoms with Gasteiger partial charge in [-0.05, 0) is 31.9 Å². The Morgan fingerprint density at radius 3 is 2.76 bits per heavy atom. The highest BCUT2D eigenvalue weighted by molar-refractivity contribution is 6.17. The lowest BCUT2D eigenvalue weighted by atomic mass is 10.1. The summed E-state index contributed by atoms with van der Waals surface area (Å²) in [5.74, 6) is 1.86. The number of aromatic nitrogens is 2. The summed E-state index contributed by atoms with van der Waals surface area (Å²) in [6.07, 6.45) is 1.59. The van der Waals surface area contributed by atoms with E-state index in [1.807, 2.05) is 19.1 Å². The van der Waals surface area contributed by atoms with Gasteiger partial charge in [0, 0.05) is 17.9 Å². The van der Waals surface area contributed by atoms with E-state index in [2.05, 4.69) is 23.2 Å². The van der Waals surface area contributed by atoms with Gasteiger partial charge in [-0.15, -0.1) is 21.8 Å². The molecule has 4 heteroatoms. The first-order valence-corrected chi connectivity index (χ1v) is 6.20. The summed E-state index contributed by atoms with van der Waals surface area (Å²) in [4.78, 5) is 0. The summed E-state index contributed by atoms with van der Waals surface area (Å²) < 4.78 is 5.61. The van der Waals surface area contributed by atoms with Gasteiger partial charge in [0.15, 0.2) is 0 Å². The Kier molecular flexibility index (Phi) is 3.79. The van der Waals surface area contributed by atoms with Crippen LogP contribution in [0.15, 0.2) is 22.6 Å². The van der Waals surface area contributed by atoms with Crippen molar-refractivity contribution in [1.82, 2.24) is 10.2 Å². The van der Waals surface area contributed by atoms with E-state index < -0.39 is 0 Å². The summed E-state index contributed by atoms with van der Waals surface area (Å²) in [5, 5.41) is 8.09. The minimum absolute atomic E-state index is 0.590. The zero-order chi connectivity index (χ0) is 12.3. The van der Waals surface area contributed by atoms with Crippen LogP contribution in [0.25, 0.3) is 11.5 Å². The van der Waals surface area contributed by atoms with Crippen molar-refractivity contribution >= 4 is 11.6 Å². The molecule has 0 atom stereocenters. The molecule has 3 nitrogen and oxygen atoms in total. The van der Waals surface area contributed by atoms with E-state index >= 15 is 0 Å². The minimum Gasteiger partial charge on any atom is -0.421 e. The third-order valence-electron chi connectivity index (χ3n) is 2.60. The molecule has 0 fully saturated rings. The van der Waals surface area contributed by atoms with E-state index in [1.54, 1.807) is 0 Å². The predicted octanol–water partition coefficient (Wildman–Crippen LogP) is 3.52. The van der Waals surface area contributed by atoms with Crippen molar-refractivity contribution in [3.8, 4) is 11.5 Å². The number of aryl methyl sites for hydroxylation is 3. The van der Waals surface area contributed by atoms with Crippen LogP contribution in [0.3, 0.4) is 0 Å². The Hall–Kier alpha value is -1.35. The molecule has 0 unspecified atom stereocenters. The molecule has 0 aliphatic carbocycles. The lowest BCUT2D eigenvalue weighted by Gasteiger charge is -2.01. The lowest BCUT2D eigenvalue weighted by Crippen LogP contribution is -1.85. The third kappa shape index (κ3) is 2.86. The Bertz CT molecular complexity index is 508. The van der Waals surface area contributed by atoms with Crippen molar-refractivity contribution in [2.45, 2.75) is 26.7 Å². The van der Waals surface area contributed by atoms with Crippen LogP contribution in [0.2, 0.25) is 0 Å². The fourth-order valence-electron chi connectivity index (χ4n) is 1.74. The number of halogens is 1. The van der Waals surface area contributed by atoms with Gasteiger partial charge in [-0.1, -0.05) is 17.7 Å². The summed E-state index contributed by atoms with van der Waals surface area (Å²) >= 11 is 5.63. The van der Waals surface area contributed by atoms with Crippen LogP contribution >= 0.6 is 11.6 Å².